The van der Waals surface area contributed by atoms with Gasteiger partial charge >= 0.3 is 0 Å². The van der Waals surface area contributed by atoms with Crippen LogP contribution in [0.5, 0.6) is 0 Å². The molecule has 24 heavy (non-hydrogen) atoms. The van der Waals surface area contributed by atoms with Gasteiger partial charge in [0.15, 0.2) is 11.6 Å². The lowest BCUT2D eigenvalue weighted by Crippen LogP contribution is -2.33. The van der Waals surface area contributed by atoms with E-state index in [-0.39, 0.29) is 17.7 Å². The van der Waals surface area contributed by atoms with Gasteiger partial charge in [0.1, 0.15) is 0 Å². The average Bonchev–Trinajstić information content (AvgIpc) is 2.90. The molecule has 1 aromatic heterocycles. The van der Waals surface area contributed by atoms with Crippen LogP contribution in [0.15, 0.2) is 48.4 Å². The Balaban J connectivity index is 1.77. The van der Waals surface area contributed by atoms with Gasteiger partial charge in [-0.1, -0.05) is 30.3 Å². The number of carbonyl (C=O) groups excluding carboxylic acids is 1. The Hall–Kier alpha value is -2.69. The van der Waals surface area contributed by atoms with Crippen LogP contribution in [0.2, 0.25) is 0 Å². The summed E-state index contributed by atoms with van der Waals surface area (Å²) in [5, 5.41) is 10.1. The van der Waals surface area contributed by atoms with E-state index in [0.29, 0.717) is 17.9 Å². The highest BCUT2D eigenvalue weighted by Gasteiger charge is 2.33. The maximum Gasteiger partial charge on any atom is 0.289 e. The third-order valence-electron chi connectivity index (χ3n) is 4.20. The zero-order valence-electron chi connectivity index (χ0n) is 13.9. The number of nitrogens with zero attached hydrogens (tertiary/aromatic N) is 3. The number of rotatable bonds is 5. The highest BCUT2D eigenvalue weighted by Crippen LogP contribution is 2.25. The third kappa shape index (κ3) is 3.30. The topological polar surface area (TPSA) is 66.3 Å². The molecule has 0 bridgehead atoms. The van der Waals surface area contributed by atoms with Crippen LogP contribution in [-0.2, 0) is 17.6 Å². The van der Waals surface area contributed by atoms with E-state index in [4.69, 9.17) is 0 Å². The molecule has 1 amide bonds. The summed E-state index contributed by atoms with van der Waals surface area (Å²) in [6, 6.07) is 12.1. The lowest BCUT2D eigenvalue weighted by molar-refractivity contribution is -0.129. The molecule has 1 N–H and O–H groups in total. The molecule has 0 atom stereocenters. The van der Waals surface area contributed by atoms with Gasteiger partial charge in [-0.25, -0.2) is 9.97 Å². The van der Waals surface area contributed by atoms with Crippen molar-refractivity contribution in [1.82, 2.24) is 14.9 Å². The van der Waals surface area contributed by atoms with Crippen LogP contribution < -0.4 is 0 Å². The molecule has 0 aliphatic carbocycles. The second-order valence-electron chi connectivity index (χ2n) is 6.21. The molecule has 0 spiro atoms. The van der Waals surface area contributed by atoms with Gasteiger partial charge < -0.3 is 10.0 Å². The maximum atomic E-state index is 12.1. The third-order valence-corrected chi connectivity index (χ3v) is 4.20. The van der Waals surface area contributed by atoms with Crippen LogP contribution in [0, 0.1) is 0 Å². The summed E-state index contributed by atoms with van der Waals surface area (Å²) in [7, 11) is 0. The molecule has 0 saturated carbocycles. The largest absolute Gasteiger partial charge is 0.503 e. The number of amides is 1. The zero-order valence-corrected chi connectivity index (χ0v) is 13.9. The quantitative estimate of drug-likeness (QED) is 0.919. The highest BCUT2D eigenvalue weighted by molar-refractivity contribution is 6.03. The summed E-state index contributed by atoms with van der Waals surface area (Å²) in [6.07, 6.45) is 3.36. The van der Waals surface area contributed by atoms with E-state index in [0.717, 1.165) is 18.5 Å². The van der Waals surface area contributed by atoms with Gasteiger partial charge in [0.2, 0.25) is 0 Å². The SMILES string of the molecule is CC(C)N1CC(c2nccc(CCc3ccccc3)n2)=C(O)C1=O. The smallest absolute Gasteiger partial charge is 0.289 e. The normalized spacial score (nSPS) is 14.8. The maximum absolute atomic E-state index is 12.1. The van der Waals surface area contributed by atoms with E-state index < -0.39 is 0 Å². The Morgan fingerprint density at radius 1 is 1.17 bits per heavy atom. The molecule has 0 fully saturated rings. The minimum Gasteiger partial charge on any atom is -0.503 e. The minimum absolute atomic E-state index is 0.0263. The first-order chi connectivity index (χ1) is 11.6. The molecule has 1 aliphatic heterocycles. The van der Waals surface area contributed by atoms with E-state index in [1.54, 1.807) is 11.1 Å². The van der Waals surface area contributed by atoms with E-state index in [1.807, 2.05) is 38.1 Å². The minimum atomic E-state index is -0.349. The summed E-state index contributed by atoms with van der Waals surface area (Å²) in [6.45, 7) is 4.20. The molecule has 0 radical (unpaired) electrons. The predicted octanol–water partition coefficient (Wildman–Crippen LogP) is 2.78. The molecule has 0 unspecified atom stereocenters. The average molecular weight is 323 g/mol. The Bertz CT molecular complexity index is 769. The number of hydrogen-bond acceptors (Lipinski definition) is 4. The lowest BCUT2D eigenvalue weighted by Gasteiger charge is -2.20. The van der Waals surface area contributed by atoms with Crippen molar-refractivity contribution >= 4 is 11.5 Å². The molecule has 2 heterocycles. The second kappa shape index (κ2) is 6.83. The van der Waals surface area contributed by atoms with Crippen LogP contribution >= 0.6 is 0 Å². The molecule has 5 heteroatoms. The molecule has 2 aromatic rings. The van der Waals surface area contributed by atoms with Crippen LogP contribution in [0.4, 0.5) is 0 Å². The number of carbonyl (C=O) groups is 1. The number of aromatic nitrogens is 2. The fraction of sp³-hybridized carbons (Fsp3) is 0.316. The van der Waals surface area contributed by atoms with Gasteiger partial charge in [0.25, 0.3) is 5.91 Å². The number of aryl methyl sites for hydroxylation is 2. The van der Waals surface area contributed by atoms with E-state index in [2.05, 4.69) is 22.1 Å². The number of hydrogen-bond donors (Lipinski definition) is 1. The van der Waals surface area contributed by atoms with Crippen LogP contribution in [0.25, 0.3) is 5.57 Å². The van der Waals surface area contributed by atoms with Crippen molar-refractivity contribution in [3.8, 4) is 0 Å². The van der Waals surface area contributed by atoms with Gasteiger partial charge in [-0.05, 0) is 38.3 Å². The fourth-order valence-electron chi connectivity index (χ4n) is 2.77. The predicted molar refractivity (Wildman–Crippen MR) is 92.3 cm³/mol. The van der Waals surface area contributed by atoms with Crippen molar-refractivity contribution in [1.29, 1.82) is 0 Å². The second-order valence-corrected chi connectivity index (χ2v) is 6.21. The van der Waals surface area contributed by atoms with Gasteiger partial charge in [-0.3, -0.25) is 4.79 Å². The Kier molecular flexibility index (Phi) is 4.60. The molecule has 3 rings (SSSR count). The summed E-state index contributed by atoms with van der Waals surface area (Å²) in [5.74, 6) is -0.142. The Labute approximate surface area is 141 Å². The zero-order chi connectivity index (χ0) is 17.1. The first-order valence-electron chi connectivity index (χ1n) is 8.15. The molecule has 124 valence electrons. The number of aliphatic hydroxyl groups is 1. The van der Waals surface area contributed by atoms with Crippen molar-refractivity contribution in [3.63, 3.8) is 0 Å². The Morgan fingerprint density at radius 3 is 2.58 bits per heavy atom. The first kappa shape index (κ1) is 16.2. The fourth-order valence-corrected chi connectivity index (χ4v) is 2.77. The highest BCUT2D eigenvalue weighted by atomic mass is 16.3. The van der Waals surface area contributed by atoms with E-state index >= 15 is 0 Å². The van der Waals surface area contributed by atoms with Crippen LogP contribution in [0.1, 0.15) is 30.9 Å². The van der Waals surface area contributed by atoms with Crippen LogP contribution in [0.3, 0.4) is 0 Å². The van der Waals surface area contributed by atoms with E-state index in [9.17, 15) is 9.90 Å². The van der Waals surface area contributed by atoms with Gasteiger partial charge in [-0.15, -0.1) is 0 Å². The van der Waals surface area contributed by atoms with Crippen molar-refractivity contribution in [2.45, 2.75) is 32.7 Å². The number of benzene rings is 1. The molecule has 0 saturated heterocycles. The summed E-state index contributed by atoms with van der Waals surface area (Å²) < 4.78 is 0. The van der Waals surface area contributed by atoms with Crippen molar-refractivity contribution < 1.29 is 9.90 Å². The van der Waals surface area contributed by atoms with Gasteiger partial charge in [0.05, 0.1) is 12.1 Å². The van der Waals surface area contributed by atoms with Crippen molar-refractivity contribution in [2.24, 2.45) is 0 Å². The molecular formula is C19H21N3O2. The summed E-state index contributed by atoms with van der Waals surface area (Å²) in [4.78, 5) is 22.5. The van der Waals surface area contributed by atoms with Crippen molar-refractivity contribution in [2.75, 3.05) is 6.54 Å². The standard InChI is InChI=1S/C19H21N3O2/c1-13(2)22-12-16(17(23)19(22)24)18-20-11-10-15(21-18)9-8-14-6-4-3-5-7-14/h3-7,10-11,13,23H,8-9,12H2,1-2H3. The first-order valence-corrected chi connectivity index (χ1v) is 8.15. The lowest BCUT2D eigenvalue weighted by atomic mass is 10.1. The Morgan fingerprint density at radius 2 is 1.92 bits per heavy atom. The van der Waals surface area contributed by atoms with Gasteiger partial charge in [0, 0.05) is 17.9 Å². The molecule has 1 aromatic carbocycles. The summed E-state index contributed by atoms with van der Waals surface area (Å²) in [5.41, 5.74) is 2.66. The van der Waals surface area contributed by atoms with Gasteiger partial charge in [-0.2, -0.15) is 0 Å². The number of aliphatic hydroxyl groups excluding tert-OH is 1. The monoisotopic (exact) mass is 323 g/mol. The van der Waals surface area contributed by atoms with Crippen LogP contribution in [-0.4, -0.2) is 38.5 Å². The van der Waals surface area contributed by atoms with E-state index in [1.165, 1.54) is 5.56 Å². The molecular weight excluding hydrogens is 302 g/mol. The van der Waals surface area contributed by atoms with Crippen molar-refractivity contribution in [3.05, 3.63) is 65.4 Å². The molecule has 1 aliphatic rings. The summed E-state index contributed by atoms with van der Waals surface area (Å²) >= 11 is 0. The molecule has 5 nitrogen and oxygen atoms in total.